The van der Waals surface area contributed by atoms with E-state index in [2.05, 4.69) is 0 Å². The highest BCUT2D eigenvalue weighted by Gasteiger charge is 2.27. The second-order valence-electron chi connectivity index (χ2n) is 7.46. The Bertz CT molecular complexity index is 936. The van der Waals surface area contributed by atoms with Gasteiger partial charge in [-0.25, -0.2) is 0 Å². The van der Waals surface area contributed by atoms with Gasteiger partial charge >= 0.3 is 0 Å². The van der Waals surface area contributed by atoms with E-state index in [-0.39, 0.29) is 22.8 Å². The lowest BCUT2D eigenvalue weighted by molar-refractivity contribution is 0.0753. The van der Waals surface area contributed by atoms with Crippen LogP contribution in [-0.4, -0.2) is 34.2 Å². The average Bonchev–Trinajstić information content (AvgIpc) is 2.68. The number of Topliss-reactive ketones (excluding diaryl/α,β-unsaturated/α-hetero) is 1. The SMILES string of the molecule is CCCN(CCC)C(=O)c1cc2c(n(-c3ccc(C)cc3)c1=O)CCCC2=O. The van der Waals surface area contributed by atoms with Crippen molar-refractivity contribution in [2.75, 3.05) is 13.1 Å². The fourth-order valence-electron chi connectivity index (χ4n) is 3.84. The molecule has 1 aromatic carbocycles. The van der Waals surface area contributed by atoms with E-state index in [1.165, 1.54) is 0 Å². The molecule has 1 aliphatic carbocycles. The predicted octanol–water partition coefficient (Wildman–Crippen LogP) is 3.93. The minimum atomic E-state index is -0.334. The molecule has 0 spiro atoms. The molecule has 0 saturated heterocycles. The number of carbonyl (C=O) groups is 2. The summed E-state index contributed by atoms with van der Waals surface area (Å²) in [4.78, 5) is 40.9. The van der Waals surface area contributed by atoms with E-state index >= 15 is 0 Å². The molecule has 1 aromatic heterocycles. The Balaban J connectivity index is 2.22. The third-order valence-corrected chi connectivity index (χ3v) is 5.22. The molecule has 0 fully saturated rings. The molecule has 5 nitrogen and oxygen atoms in total. The molecule has 148 valence electrons. The number of ketones is 1. The summed E-state index contributed by atoms with van der Waals surface area (Å²) in [6.45, 7) is 7.20. The summed E-state index contributed by atoms with van der Waals surface area (Å²) >= 11 is 0. The van der Waals surface area contributed by atoms with Gasteiger partial charge in [0.25, 0.3) is 11.5 Å². The first-order valence-corrected chi connectivity index (χ1v) is 10.2. The molecule has 0 unspecified atom stereocenters. The number of aromatic nitrogens is 1. The summed E-state index contributed by atoms with van der Waals surface area (Å²) in [6.07, 6.45) is 3.48. The highest BCUT2D eigenvalue weighted by Crippen LogP contribution is 2.24. The number of fused-ring (bicyclic) bond motifs is 1. The van der Waals surface area contributed by atoms with Crippen molar-refractivity contribution in [2.24, 2.45) is 0 Å². The number of nitrogens with zero attached hydrogens (tertiary/aromatic N) is 2. The van der Waals surface area contributed by atoms with Crippen LogP contribution in [0.5, 0.6) is 0 Å². The summed E-state index contributed by atoms with van der Waals surface area (Å²) in [5.41, 5.74) is 2.79. The average molecular weight is 380 g/mol. The molecule has 3 rings (SSSR count). The molecule has 5 heteroatoms. The zero-order valence-electron chi connectivity index (χ0n) is 17.0. The quantitative estimate of drug-likeness (QED) is 0.763. The second kappa shape index (κ2) is 8.55. The topological polar surface area (TPSA) is 59.4 Å². The normalized spacial score (nSPS) is 13.3. The van der Waals surface area contributed by atoms with Gasteiger partial charge in [0.2, 0.25) is 0 Å². The van der Waals surface area contributed by atoms with Gasteiger partial charge in [-0.15, -0.1) is 0 Å². The molecule has 0 radical (unpaired) electrons. The zero-order valence-corrected chi connectivity index (χ0v) is 17.0. The Morgan fingerprint density at radius 2 is 1.68 bits per heavy atom. The fourth-order valence-corrected chi connectivity index (χ4v) is 3.84. The van der Waals surface area contributed by atoms with Crippen molar-refractivity contribution in [1.82, 2.24) is 9.47 Å². The number of hydrogen-bond acceptors (Lipinski definition) is 3. The van der Waals surface area contributed by atoms with E-state index in [9.17, 15) is 14.4 Å². The van der Waals surface area contributed by atoms with Crippen LogP contribution in [0.1, 0.15) is 71.5 Å². The van der Waals surface area contributed by atoms with Gasteiger partial charge in [0.05, 0.1) is 0 Å². The number of pyridine rings is 1. The van der Waals surface area contributed by atoms with Gasteiger partial charge in [-0.3, -0.25) is 19.0 Å². The van der Waals surface area contributed by atoms with Crippen LogP contribution in [0, 0.1) is 6.92 Å². The highest BCUT2D eigenvalue weighted by molar-refractivity contribution is 6.02. The first kappa shape index (κ1) is 20.1. The molecule has 0 saturated carbocycles. The number of rotatable bonds is 6. The standard InChI is InChI=1S/C23H28N2O3/c1-4-13-24(14-5-2)22(27)19-15-18-20(7-6-8-21(18)26)25(23(19)28)17-11-9-16(3)10-12-17/h9-12,15H,4-8,13-14H2,1-3H3. The Morgan fingerprint density at radius 3 is 2.29 bits per heavy atom. The van der Waals surface area contributed by atoms with Crippen LogP contribution in [0.25, 0.3) is 5.69 Å². The van der Waals surface area contributed by atoms with Gasteiger partial charge in [0.1, 0.15) is 5.56 Å². The van der Waals surface area contributed by atoms with Gasteiger partial charge < -0.3 is 4.90 Å². The molecule has 0 bridgehead atoms. The molecule has 2 aromatic rings. The number of benzene rings is 1. The monoisotopic (exact) mass is 380 g/mol. The summed E-state index contributed by atoms with van der Waals surface area (Å²) in [5, 5.41) is 0. The maximum absolute atomic E-state index is 13.4. The zero-order chi connectivity index (χ0) is 20.3. The van der Waals surface area contributed by atoms with Crippen LogP contribution < -0.4 is 5.56 Å². The van der Waals surface area contributed by atoms with E-state index in [1.807, 2.05) is 45.0 Å². The van der Waals surface area contributed by atoms with Crippen molar-refractivity contribution >= 4 is 11.7 Å². The molecule has 1 amide bonds. The number of amides is 1. The third-order valence-electron chi connectivity index (χ3n) is 5.22. The summed E-state index contributed by atoms with van der Waals surface area (Å²) < 4.78 is 1.58. The maximum Gasteiger partial charge on any atom is 0.268 e. The Morgan fingerprint density at radius 1 is 1.04 bits per heavy atom. The lowest BCUT2D eigenvalue weighted by Crippen LogP contribution is -2.39. The summed E-state index contributed by atoms with van der Waals surface area (Å²) in [6, 6.07) is 9.17. The van der Waals surface area contributed by atoms with Crippen molar-refractivity contribution in [3.63, 3.8) is 0 Å². The second-order valence-corrected chi connectivity index (χ2v) is 7.46. The highest BCUT2D eigenvalue weighted by atomic mass is 16.2. The largest absolute Gasteiger partial charge is 0.338 e. The van der Waals surface area contributed by atoms with Crippen LogP contribution in [0.3, 0.4) is 0 Å². The number of hydrogen-bond donors (Lipinski definition) is 0. The molecule has 0 aliphatic heterocycles. The van der Waals surface area contributed by atoms with E-state index in [0.717, 1.165) is 30.5 Å². The van der Waals surface area contributed by atoms with Crippen molar-refractivity contribution < 1.29 is 9.59 Å². The van der Waals surface area contributed by atoms with Gasteiger partial charge in [0, 0.05) is 36.5 Å². The van der Waals surface area contributed by atoms with Crippen LogP contribution in [0.4, 0.5) is 0 Å². The van der Waals surface area contributed by atoms with E-state index < -0.39 is 0 Å². The van der Waals surface area contributed by atoms with E-state index in [0.29, 0.717) is 37.2 Å². The first-order chi connectivity index (χ1) is 13.5. The van der Waals surface area contributed by atoms with Gasteiger partial charge in [-0.2, -0.15) is 0 Å². The molecule has 0 atom stereocenters. The lowest BCUT2D eigenvalue weighted by Gasteiger charge is -2.25. The lowest BCUT2D eigenvalue weighted by atomic mass is 9.92. The van der Waals surface area contributed by atoms with Crippen molar-refractivity contribution in [1.29, 1.82) is 0 Å². The predicted molar refractivity (Wildman–Crippen MR) is 111 cm³/mol. The maximum atomic E-state index is 13.4. The Kier molecular flexibility index (Phi) is 6.12. The van der Waals surface area contributed by atoms with E-state index in [4.69, 9.17) is 0 Å². The minimum Gasteiger partial charge on any atom is -0.338 e. The van der Waals surface area contributed by atoms with E-state index in [1.54, 1.807) is 15.5 Å². The third kappa shape index (κ3) is 3.79. The molecule has 1 heterocycles. The Labute approximate surface area is 166 Å². The van der Waals surface area contributed by atoms with Crippen molar-refractivity contribution in [3.05, 3.63) is 63.1 Å². The number of aryl methyl sites for hydroxylation is 1. The van der Waals surface area contributed by atoms with Gasteiger partial charge in [0.15, 0.2) is 5.78 Å². The van der Waals surface area contributed by atoms with Gasteiger partial charge in [-0.1, -0.05) is 31.5 Å². The summed E-state index contributed by atoms with van der Waals surface area (Å²) in [5.74, 6) is -0.274. The first-order valence-electron chi connectivity index (χ1n) is 10.2. The molecular formula is C23H28N2O3. The molecular weight excluding hydrogens is 352 g/mol. The Hall–Kier alpha value is -2.69. The molecule has 28 heavy (non-hydrogen) atoms. The smallest absolute Gasteiger partial charge is 0.268 e. The fraction of sp³-hybridized carbons (Fsp3) is 0.435. The molecule has 0 N–H and O–H groups in total. The minimum absolute atomic E-state index is 0.00805. The van der Waals surface area contributed by atoms with Crippen LogP contribution in [0.15, 0.2) is 35.1 Å². The van der Waals surface area contributed by atoms with Crippen LogP contribution in [-0.2, 0) is 6.42 Å². The van der Waals surface area contributed by atoms with Gasteiger partial charge in [-0.05, 0) is 50.8 Å². The van der Waals surface area contributed by atoms with Crippen LogP contribution >= 0.6 is 0 Å². The number of carbonyl (C=O) groups excluding carboxylic acids is 2. The summed E-state index contributed by atoms with van der Waals surface area (Å²) in [7, 11) is 0. The van der Waals surface area contributed by atoms with Crippen molar-refractivity contribution in [3.8, 4) is 5.69 Å². The van der Waals surface area contributed by atoms with Crippen LogP contribution in [0.2, 0.25) is 0 Å². The van der Waals surface area contributed by atoms with Crippen molar-refractivity contribution in [2.45, 2.75) is 52.9 Å². The molecule has 1 aliphatic rings.